The molecule has 28 heavy (non-hydrogen) atoms. The predicted octanol–water partition coefficient (Wildman–Crippen LogP) is 2.44. The molecule has 3 atom stereocenters. The van der Waals surface area contributed by atoms with Gasteiger partial charge in [0.05, 0.1) is 24.6 Å². The molecule has 2 amide bonds. The first-order valence-electron chi connectivity index (χ1n) is 9.86. The number of benzene rings is 1. The first-order chi connectivity index (χ1) is 13.6. The fourth-order valence-corrected chi connectivity index (χ4v) is 4.36. The number of carbonyl (C=O) groups excluding carboxylic acids is 2. The third-order valence-electron chi connectivity index (χ3n) is 5.63. The number of fused-ring (bicyclic) bond motifs is 2. The number of hydrogen-bond donors (Lipinski definition) is 1. The first kappa shape index (κ1) is 18.5. The molecule has 1 aliphatic heterocycles. The van der Waals surface area contributed by atoms with Crippen molar-refractivity contribution in [1.82, 2.24) is 15.2 Å². The molecule has 0 unspecified atom stereocenters. The van der Waals surface area contributed by atoms with E-state index < -0.39 is 0 Å². The Morgan fingerprint density at radius 3 is 2.71 bits per heavy atom. The van der Waals surface area contributed by atoms with Crippen LogP contribution in [0.3, 0.4) is 0 Å². The summed E-state index contributed by atoms with van der Waals surface area (Å²) < 4.78 is 5.45. The van der Waals surface area contributed by atoms with E-state index >= 15 is 0 Å². The van der Waals surface area contributed by atoms with Gasteiger partial charge in [-0.15, -0.1) is 0 Å². The zero-order valence-electron chi connectivity index (χ0n) is 16.0. The topological polar surface area (TPSA) is 71.5 Å². The van der Waals surface area contributed by atoms with Crippen LogP contribution in [0.2, 0.25) is 0 Å². The minimum Gasteiger partial charge on any atom is -0.494 e. The van der Waals surface area contributed by atoms with Gasteiger partial charge in [-0.2, -0.15) is 0 Å². The largest absolute Gasteiger partial charge is 0.494 e. The SMILES string of the molecule is CCOc1ccc(CC(=O)N2C[C@@H]3C[C@H](NC(=O)c4cccnc4)[C@H]2C3)cc1. The van der Waals surface area contributed by atoms with Crippen molar-refractivity contribution in [3.63, 3.8) is 0 Å². The number of rotatable bonds is 6. The summed E-state index contributed by atoms with van der Waals surface area (Å²) in [5, 5.41) is 3.11. The molecule has 1 aromatic carbocycles. The highest BCUT2D eigenvalue weighted by Crippen LogP contribution is 2.38. The average molecular weight is 379 g/mol. The highest BCUT2D eigenvalue weighted by Gasteiger charge is 2.47. The summed E-state index contributed by atoms with van der Waals surface area (Å²) in [5.41, 5.74) is 1.53. The maximum absolute atomic E-state index is 12.9. The normalized spacial score (nSPS) is 22.9. The Kier molecular flexibility index (Phi) is 5.28. The predicted molar refractivity (Wildman–Crippen MR) is 105 cm³/mol. The van der Waals surface area contributed by atoms with Crippen molar-refractivity contribution < 1.29 is 14.3 Å². The molecule has 6 nitrogen and oxygen atoms in total. The Balaban J connectivity index is 1.37. The van der Waals surface area contributed by atoms with Gasteiger partial charge in [0.2, 0.25) is 5.91 Å². The second-order valence-corrected chi connectivity index (χ2v) is 7.53. The fourth-order valence-electron chi connectivity index (χ4n) is 4.36. The van der Waals surface area contributed by atoms with E-state index in [1.165, 1.54) is 0 Å². The molecule has 0 spiro atoms. The van der Waals surface area contributed by atoms with Crippen LogP contribution >= 0.6 is 0 Å². The van der Waals surface area contributed by atoms with Crippen molar-refractivity contribution >= 4 is 11.8 Å². The molecule has 4 rings (SSSR count). The van der Waals surface area contributed by atoms with Crippen molar-refractivity contribution in [3.05, 3.63) is 59.9 Å². The van der Waals surface area contributed by atoms with Crippen molar-refractivity contribution in [2.75, 3.05) is 13.2 Å². The van der Waals surface area contributed by atoms with Gasteiger partial charge in [-0.1, -0.05) is 12.1 Å². The minimum absolute atomic E-state index is 0.00994. The Bertz CT molecular complexity index is 838. The molecule has 6 heteroatoms. The molecule has 2 fully saturated rings. The van der Waals surface area contributed by atoms with Crippen LogP contribution in [-0.4, -0.2) is 46.9 Å². The highest BCUT2D eigenvalue weighted by atomic mass is 16.5. The van der Waals surface area contributed by atoms with Gasteiger partial charge in [0.25, 0.3) is 5.91 Å². The average Bonchev–Trinajstić information content (AvgIpc) is 3.31. The molecule has 0 radical (unpaired) electrons. The summed E-state index contributed by atoms with van der Waals surface area (Å²) in [6, 6.07) is 11.3. The summed E-state index contributed by atoms with van der Waals surface area (Å²) in [6.45, 7) is 3.37. The maximum atomic E-state index is 12.9. The van der Waals surface area contributed by atoms with Crippen LogP contribution in [0.25, 0.3) is 0 Å². The van der Waals surface area contributed by atoms with E-state index in [0.717, 1.165) is 30.7 Å². The monoisotopic (exact) mass is 379 g/mol. The number of likely N-dealkylation sites (tertiary alicyclic amines) is 1. The first-order valence-corrected chi connectivity index (χ1v) is 9.86. The zero-order valence-corrected chi connectivity index (χ0v) is 16.0. The summed E-state index contributed by atoms with van der Waals surface area (Å²) in [4.78, 5) is 31.3. The number of carbonyl (C=O) groups is 2. The van der Waals surface area contributed by atoms with E-state index in [4.69, 9.17) is 4.74 Å². The van der Waals surface area contributed by atoms with E-state index in [1.807, 2.05) is 36.1 Å². The van der Waals surface area contributed by atoms with Gasteiger partial charge in [-0.05, 0) is 55.5 Å². The molecule has 146 valence electrons. The lowest BCUT2D eigenvalue weighted by Gasteiger charge is -2.34. The third kappa shape index (κ3) is 3.86. The number of aromatic nitrogens is 1. The molecule has 2 heterocycles. The lowest BCUT2D eigenvalue weighted by molar-refractivity contribution is -0.132. The van der Waals surface area contributed by atoms with E-state index in [-0.39, 0.29) is 23.9 Å². The molecule has 1 saturated carbocycles. The van der Waals surface area contributed by atoms with E-state index in [2.05, 4.69) is 10.3 Å². The second-order valence-electron chi connectivity index (χ2n) is 7.53. The summed E-state index contributed by atoms with van der Waals surface area (Å²) in [5.74, 6) is 1.28. The molecular weight excluding hydrogens is 354 g/mol. The summed E-state index contributed by atoms with van der Waals surface area (Å²) >= 11 is 0. The Morgan fingerprint density at radius 1 is 1.21 bits per heavy atom. The molecule has 1 aromatic heterocycles. The number of nitrogens with one attached hydrogen (secondary N) is 1. The van der Waals surface area contributed by atoms with Gasteiger partial charge in [0.15, 0.2) is 0 Å². The van der Waals surface area contributed by atoms with Crippen LogP contribution in [0.1, 0.15) is 35.7 Å². The van der Waals surface area contributed by atoms with Crippen LogP contribution in [0, 0.1) is 5.92 Å². The smallest absolute Gasteiger partial charge is 0.253 e. The van der Waals surface area contributed by atoms with Gasteiger partial charge in [-0.25, -0.2) is 0 Å². The number of pyridine rings is 1. The summed E-state index contributed by atoms with van der Waals surface area (Å²) in [6.07, 6.45) is 5.49. The van der Waals surface area contributed by atoms with Gasteiger partial charge < -0.3 is 15.0 Å². The van der Waals surface area contributed by atoms with E-state index in [1.54, 1.807) is 24.5 Å². The van der Waals surface area contributed by atoms with Crippen LogP contribution in [0.5, 0.6) is 5.75 Å². The molecule has 1 aliphatic carbocycles. The second kappa shape index (κ2) is 8.00. The molecule has 2 bridgehead atoms. The minimum atomic E-state index is -0.121. The number of piperidine rings is 1. The molecule has 1 saturated heterocycles. The quantitative estimate of drug-likeness (QED) is 0.837. The Morgan fingerprint density at radius 2 is 2.04 bits per heavy atom. The van der Waals surface area contributed by atoms with Crippen molar-refractivity contribution in [2.24, 2.45) is 5.92 Å². The molecule has 2 aromatic rings. The number of hydrogen-bond acceptors (Lipinski definition) is 4. The number of ether oxygens (including phenoxy) is 1. The van der Waals surface area contributed by atoms with Crippen LogP contribution in [0.4, 0.5) is 0 Å². The fraction of sp³-hybridized carbons (Fsp3) is 0.409. The van der Waals surface area contributed by atoms with Crippen LogP contribution in [-0.2, 0) is 11.2 Å². The number of nitrogens with zero attached hydrogens (tertiary/aromatic N) is 2. The highest BCUT2D eigenvalue weighted by molar-refractivity contribution is 5.94. The van der Waals surface area contributed by atoms with Crippen molar-refractivity contribution in [3.8, 4) is 5.75 Å². The van der Waals surface area contributed by atoms with Crippen molar-refractivity contribution in [1.29, 1.82) is 0 Å². The zero-order chi connectivity index (χ0) is 19.5. The van der Waals surface area contributed by atoms with E-state index in [9.17, 15) is 9.59 Å². The van der Waals surface area contributed by atoms with Crippen LogP contribution < -0.4 is 10.1 Å². The van der Waals surface area contributed by atoms with Crippen LogP contribution in [0.15, 0.2) is 48.8 Å². The molecule has 1 N–H and O–H groups in total. The van der Waals surface area contributed by atoms with Gasteiger partial charge >= 0.3 is 0 Å². The Hall–Kier alpha value is -2.89. The van der Waals surface area contributed by atoms with Gasteiger partial charge in [-0.3, -0.25) is 14.6 Å². The molecule has 2 aliphatic rings. The number of amides is 2. The summed E-state index contributed by atoms with van der Waals surface area (Å²) in [7, 11) is 0. The van der Waals surface area contributed by atoms with Crippen molar-refractivity contribution in [2.45, 2.75) is 38.3 Å². The van der Waals surface area contributed by atoms with Gasteiger partial charge in [0, 0.05) is 25.0 Å². The van der Waals surface area contributed by atoms with E-state index in [0.29, 0.717) is 24.5 Å². The lowest BCUT2D eigenvalue weighted by atomic mass is 10.0. The maximum Gasteiger partial charge on any atom is 0.253 e. The third-order valence-corrected chi connectivity index (χ3v) is 5.63. The Labute approximate surface area is 164 Å². The molecular formula is C22H25N3O3. The lowest BCUT2D eigenvalue weighted by Crippen LogP contribution is -2.52. The standard InChI is InChI=1S/C22H25N3O3/c1-2-28-18-7-5-15(6-8-18)12-21(26)25-14-16-10-19(20(25)11-16)24-22(27)17-4-3-9-23-13-17/h3-9,13,16,19-20H,2,10-12,14H2,1H3,(H,24,27)/t16-,19+,20-/m1/s1. The van der Waals surface area contributed by atoms with Gasteiger partial charge in [0.1, 0.15) is 5.75 Å².